The van der Waals surface area contributed by atoms with Gasteiger partial charge in [-0.3, -0.25) is 9.48 Å². The van der Waals surface area contributed by atoms with Gasteiger partial charge in [-0.2, -0.15) is 5.10 Å². The summed E-state index contributed by atoms with van der Waals surface area (Å²) in [4.78, 5) is 12.4. The molecule has 5 heteroatoms. The second-order valence-corrected chi connectivity index (χ2v) is 6.93. The van der Waals surface area contributed by atoms with Gasteiger partial charge in [-0.15, -0.1) is 0 Å². The van der Waals surface area contributed by atoms with E-state index in [9.17, 15) is 4.79 Å². The van der Waals surface area contributed by atoms with E-state index in [0.29, 0.717) is 18.8 Å². The topological polar surface area (TPSA) is 56.1 Å². The molecule has 0 saturated heterocycles. The number of carbonyl (C=O) groups excluding carboxylic acids is 1. The molecule has 1 aromatic heterocycles. The zero-order valence-electron chi connectivity index (χ0n) is 17.4. The van der Waals surface area contributed by atoms with E-state index in [4.69, 9.17) is 4.74 Å². The molecule has 152 valence electrons. The number of unbranched alkanes of at least 4 members (excludes halogenated alkanes) is 3. The summed E-state index contributed by atoms with van der Waals surface area (Å²) in [5, 5.41) is 7.28. The minimum Gasteiger partial charge on any atom is -0.494 e. The van der Waals surface area contributed by atoms with Gasteiger partial charge in [0.2, 0.25) is 0 Å². The first kappa shape index (κ1) is 21.7. The van der Waals surface area contributed by atoms with Crippen molar-refractivity contribution in [1.82, 2.24) is 15.1 Å². The SMILES string of the molecule is CCCC=CCCCCOc1cccc(CNC(=O)c2cc(CC)nn2C)c1. The van der Waals surface area contributed by atoms with Gasteiger partial charge in [0.15, 0.2) is 0 Å². The molecule has 28 heavy (non-hydrogen) atoms. The Bertz CT molecular complexity index is 765. The largest absolute Gasteiger partial charge is 0.494 e. The molecule has 1 N–H and O–H groups in total. The summed E-state index contributed by atoms with van der Waals surface area (Å²) in [6.45, 7) is 5.40. The van der Waals surface area contributed by atoms with Crippen molar-refractivity contribution in [3.8, 4) is 5.75 Å². The van der Waals surface area contributed by atoms with Crippen molar-refractivity contribution in [3.05, 3.63) is 59.4 Å². The van der Waals surface area contributed by atoms with Crippen LogP contribution in [0.2, 0.25) is 0 Å². The Morgan fingerprint density at radius 2 is 2.00 bits per heavy atom. The lowest BCUT2D eigenvalue weighted by molar-refractivity contribution is 0.0941. The van der Waals surface area contributed by atoms with E-state index in [0.717, 1.165) is 42.7 Å². The number of carbonyl (C=O) groups is 1. The molecule has 0 aliphatic carbocycles. The molecule has 2 aromatic rings. The molecule has 1 aromatic carbocycles. The number of benzene rings is 1. The van der Waals surface area contributed by atoms with Crippen LogP contribution >= 0.6 is 0 Å². The number of hydrogen-bond donors (Lipinski definition) is 1. The number of allylic oxidation sites excluding steroid dienone is 2. The van der Waals surface area contributed by atoms with Crippen molar-refractivity contribution in [3.63, 3.8) is 0 Å². The average molecular weight is 384 g/mol. The lowest BCUT2D eigenvalue weighted by Crippen LogP contribution is -2.25. The first-order valence-corrected chi connectivity index (χ1v) is 10.3. The second kappa shape index (κ2) is 12.0. The van der Waals surface area contributed by atoms with E-state index in [1.807, 2.05) is 37.3 Å². The molecular weight excluding hydrogens is 350 g/mol. The van der Waals surface area contributed by atoms with Gasteiger partial charge < -0.3 is 10.1 Å². The standard InChI is InChI=1S/C23H33N3O2/c1-4-6-7-8-9-10-11-15-28-21-14-12-13-19(16-21)18-24-23(27)22-17-20(5-2)25-26(22)3/h7-8,12-14,16-17H,4-6,9-11,15,18H2,1-3H3,(H,24,27). The lowest BCUT2D eigenvalue weighted by Gasteiger charge is -2.09. The number of nitrogens with zero attached hydrogens (tertiary/aromatic N) is 2. The summed E-state index contributed by atoms with van der Waals surface area (Å²) in [5.74, 6) is 0.735. The van der Waals surface area contributed by atoms with E-state index >= 15 is 0 Å². The fourth-order valence-electron chi connectivity index (χ4n) is 2.89. The molecule has 0 aliphatic rings. The van der Waals surface area contributed by atoms with Gasteiger partial charge in [0.1, 0.15) is 11.4 Å². The highest BCUT2D eigenvalue weighted by Crippen LogP contribution is 2.14. The van der Waals surface area contributed by atoms with Gasteiger partial charge in [0.25, 0.3) is 5.91 Å². The third-order valence-corrected chi connectivity index (χ3v) is 4.53. The summed E-state index contributed by atoms with van der Waals surface area (Å²) >= 11 is 0. The summed E-state index contributed by atoms with van der Waals surface area (Å²) < 4.78 is 7.48. The maximum atomic E-state index is 12.4. The molecule has 0 aliphatic heterocycles. The number of aromatic nitrogens is 2. The van der Waals surface area contributed by atoms with Crippen LogP contribution in [0.5, 0.6) is 5.75 Å². The Balaban J connectivity index is 1.75. The van der Waals surface area contributed by atoms with Gasteiger partial charge in [0.05, 0.1) is 12.3 Å². The highest BCUT2D eigenvalue weighted by Gasteiger charge is 2.12. The minimum absolute atomic E-state index is 0.114. The number of hydrogen-bond acceptors (Lipinski definition) is 3. The third-order valence-electron chi connectivity index (χ3n) is 4.53. The average Bonchev–Trinajstić information content (AvgIpc) is 3.09. The van der Waals surface area contributed by atoms with E-state index in [2.05, 4.69) is 29.5 Å². The van der Waals surface area contributed by atoms with Crippen LogP contribution < -0.4 is 10.1 Å². The van der Waals surface area contributed by atoms with E-state index < -0.39 is 0 Å². The van der Waals surface area contributed by atoms with Crippen LogP contribution in [0.1, 0.15) is 67.7 Å². The predicted octanol–water partition coefficient (Wildman–Crippen LogP) is 4.82. The third kappa shape index (κ3) is 7.22. The number of aryl methyl sites for hydroxylation is 2. The molecule has 0 spiro atoms. The van der Waals surface area contributed by atoms with Crippen molar-refractivity contribution in [2.45, 2.75) is 58.9 Å². The van der Waals surface area contributed by atoms with Gasteiger partial charge in [-0.05, 0) is 55.9 Å². The first-order valence-electron chi connectivity index (χ1n) is 10.3. The molecule has 0 radical (unpaired) electrons. The van der Waals surface area contributed by atoms with Crippen LogP contribution in [0.4, 0.5) is 0 Å². The number of ether oxygens (including phenoxy) is 1. The van der Waals surface area contributed by atoms with Gasteiger partial charge in [-0.1, -0.05) is 44.6 Å². The molecule has 0 saturated carbocycles. The van der Waals surface area contributed by atoms with Crippen LogP contribution in [0.25, 0.3) is 0 Å². The van der Waals surface area contributed by atoms with Crippen LogP contribution in [-0.4, -0.2) is 22.3 Å². The van der Waals surface area contributed by atoms with Crippen LogP contribution in [0.15, 0.2) is 42.5 Å². The molecule has 0 unspecified atom stereocenters. The van der Waals surface area contributed by atoms with Gasteiger partial charge in [-0.25, -0.2) is 0 Å². The molecule has 0 bridgehead atoms. The second-order valence-electron chi connectivity index (χ2n) is 6.93. The molecule has 0 atom stereocenters. The van der Waals surface area contributed by atoms with Crippen molar-refractivity contribution in [2.75, 3.05) is 6.61 Å². The summed E-state index contributed by atoms with van der Waals surface area (Å²) in [6.07, 6.45) is 11.0. The van der Waals surface area contributed by atoms with Crippen LogP contribution in [0.3, 0.4) is 0 Å². The number of rotatable bonds is 12. The Morgan fingerprint density at radius 3 is 2.75 bits per heavy atom. The van der Waals surface area contributed by atoms with Crippen molar-refractivity contribution >= 4 is 5.91 Å². The zero-order valence-corrected chi connectivity index (χ0v) is 17.4. The molecule has 1 heterocycles. The van der Waals surface area contributed by atoms with Crippen molar-refractivity contribution in [1.29, 1.82) is 0 Å². The number of nitrogens with one attached hydrogen (secondary N) is 1. The first-order chi connectivity index (χ1) is 13.6. The quantitative estimate of drug-likeness (QED) is 0.422. The highest BCUT2D eigenvalue weighted by atomic mass is 16.5. The smallest absolute Gasteiger partial charge is 0.269 e. The normalized spacial score (nSPS) is 11.1. The Morgan fingerprint density at radius 1 is 1.18 bits per heavy atom. The summed E-state index contributed by atoms with van der Waals surface area (Å²) in [6, 6.07) is 9.74. The molecule has 1 amide bonds. The van der Waals surface area contributed by atoms with Crippen LogP contribution in [-0.2, 0) is 20.0 Å². The van der Waals surface area contributed by atoms with Gasteiger partial charge >= 0.3 is 0 Å². The maximum Gasteiger partial charge on any atom is 0.269 e. The Kier molecular flexibility index (Phi) is 9.32. The molecule has 2 rings (SSSR count). The zero-order chi connectivity index (χ0) is 20.2. The number of amides is 1. The fourth-order valence-corrected chi connectivity index (χ4v) is 2.89. The Hall–Kier alpha value is -2.56. The van der Waals surface area contributed by atoms with Gasteiger partial charge in [0, 0.05) is 13.6 Å². The van der Waals surface area contributed by atoms with E-state index in [1.54, 1.807) is 11.7 Å². The van der Waals surface area contributed by atoms with E-state index in [1.165, 1.54) is 12.8 Å². The van der Waals surface area contributed by atoms with Crippen molar-refractivity contribution in [2.24, 2.45) is 7.05 Å². The summed E-state index contributed by atoms with van der Waals surface area (Å²) in [5.41, 5.74) is 2.52. The summed E-state index contributed by atoms with van der Waals surface area (Å²) in [7, 11) is 1.79. The lowest BCUT2D eigenvalue weighted by atomic mass is 10.2. The minimum atomic E-state index is -0.114. The molecular formula is C23H33N3O2. The monoisotopic (exact) mass is 383 g/mol. The van der Waals surface area contributed by atoms with Crippen LogP contribution in [0, 0.1) is 0 Å². The Labute approximate surface area is 168 Å². The molecule has 0 fully saturated rings. The van der Waals surface area contributed by atoms with Crippen molar-refractivity contribution < 1.29 is 9.53 Å². The predicted molar refractivity (Wildman–Crippen MR) is 114 cm³/mol. The fraction of sp³-hybridized carbons (Fsp3) is 0.478. The maximum absolute atomic E-state index is 12.4. The molecule has 5 nitrogen and oxygen atoms in total. The highest BCUT2D eigenvalue weighted by molar-refractivity contribution is 5.92. The van der Waals surface area contributed by atoms with E-state index in [-0.39, 0.29) is 5.91 Å².